The van der Waals surface area contributed by atoms with Gasteiger partial charge < -0.3 is 15.1 Å². The largest absolute Gasteiger partial charge is 0.451 e. The number of rotatable bonds is 5. The molecule has 1 amide bonds. The molecule has 1 aliphatic rings. The first-order chi connectivity index (χ1) is 11.2. The van der Waals surface area contributed by atoms with Crippen molar-refractivity contribution in [1.82, 2.24) is 15.5 Å². The minimum Gasteiger partial charge on any atom is -0.451 e. The summed E-state index contributed by atoms with van der Waals surface area (Å²) in [7, 11) is 0. The molecule has 1 aliphatic heterocycles. The van der Waals surface area contributed by atoms with Gasteiger partial charge in [0.1, 0.15) is 5.76 Å². The Hall–Kier alpha value is -1.53. The highest BCUT2D eigenvalue weighted by atomic mass is 35.5. The normalized spacial score (nSPS) is 14.9. The molecule has 0 saturated carbocycles. The van der Waals surface area contributed by atoms with E-state index in [0.29, 0.717) is 23.1 Å². The van der Waals surface area contributed by atoms with Gasteiger partial charge in [-0.1, -0.05) is 23.7 Å². The fourth-order valence-corrected chi connectivity index (χ4v) is 2.84. The molecular weight excluding hydrogens is 349 g/mol. The summed E-state index contributed by atoms with van der Waals surface area (Å²) < 4.78 is 5.63. The van der Waals surface area contributed by atoms with Gasteiger partial charge >= 0.3 is 0 Å². The van der Waals surface area contributed by atoms with Crippen LogP contribution in [0.25, 0.3) is 11.3 Å². The molecule has 3 rings (SSSR count). The molecule has 1 aromatic carbocycles. The Morgan fingerprint density at radius 3 is 2.71 bits per heavy atom. The maximum absolute atomic E-state index is 12.1. The van der Waals surface area contributed by atoms with Gasteiger partial charge in [-0.25, -0.2) is 0 Å². The second kappa shape index (κ2) is 9.08. The highest BCUT2D eigenvalue weighted by molar-refractivity contribution is 6.33. The highest BCUT2D eigenvalue weighted by Gasteiger charge is 2.14. The maximum Gasteiger partial charge on any atom is 0.287 e. The monoisotopic (exact) mass is 369 g/mol. The van der Waals surface area contributed by atoms with Crippen LogP contribution in [0.15, 0.2) is 40.8 Å². The highest BCUT2D eigenvalue weighted by Crippen LogP contribution is 2.28. The predicted octanol–water partition coefficient (Wildman–Crippen LogP) is 2.66. The molecule has 0 bridgehead atoms. The average molecular weight is 370 g/mol. The van der Waals surface area contributed by atoms with Crippen molar-refractivity contribution in [2.24, 2.45) is 0 Å². The molecule has 0 atom stereocenters. The standard InChI is InChI=1S/C17H20ClN3O2.ClH/c18-14-4-2-1-3-13(14)15-5-6-16(23-15)17(22)20-9-12-21-10-7-19-8-11-21;/h1-6,19H,7-12H2,(H,20,22);1H. The third kappa shape index (κ3) is 4.74. The van der Waals surface area contributed by atoms with Crippen LogP contribution < -0.4 is 10.6 Å². The second-order valence-corrected chi connectivity index (χ2v) is 5.90. The molecule has 2 heterocycles. The molecule has 2 N–H and O–H groups in total. The number of carbonyl (C=O) groups is 1. The fourth-order valence-electron chi connectivity index (χ4n) is 2.62. The van der Waals surface area contributed by atoms with Crippen LogP contribution in [0.3, 0.4) is 0 Å². The quantitative estimate of drug-likeness (QED) is 0.850. The number of nitrogens with one attached hydrogen (secondary N) is 2. The smallest absolute Gasteiger partial charge is 0.287 e. The van der Waals surface area contributed by atoms with Crippen molar-refractivity contribution in [2.45, 2.75) is 0 Å². The van der Waals surface area contributed by atoms with E-state index in [1.54, 1.807) is 18.2 Å². The van der Waals surface area contributed by atoms with E-state index in [-0.39, 0.29) is 18.3 Å². The molecule has 2 aromatic rings. The van der Waals surface area contributed by atoms with E-state index < -0.39 is 0 Å². The zero-order valence-electron chi connectivity index (χ0n) is 13.3. The van der Waals surface area contributed by atoms with Crippen LogP contribution in [0.4, 0.5) is 0 Å². The van der Waals surface area contributed by atoms with Crippen molar-refractivity contribution in [3.8, 4) is 11.3 Å². The number of hydrogen-bond donors (Lipinski definition) is 2. The van der Waals surface area contributed by atoms with Crippen LogP contribution in [-0.2, 0) is 0 Å². The molecule has 7 heteroatoms. The Bertz CT molecular complexity index is 669. The van der Waals surface area contributed by atoms with E-state index in [0.717, 1.165) is 38.3 Å². The summed E-state index contributed by atoms with van der Waals surface area (Å²) in [5.41, 5.74) is 0.786. The maximum atomic E-state index is 12.1. The van der Waals surface area contributed by atoms with Gasteiger partial charge in [0.15, 0.2) is 5.76 Å². The van der Waals surface area contributed by atoms with Gasteiger partial charge in [0.2, 0.25) is 0 Å². The van der Waals surface area contributed by atoms with Gasteiger partial charge in [-0.05, 0) is 24.3 Å². The van der Waals surface area contributed by atoms with E-state index in [1.807, 2.05) is 18.2 Å². The summed E-state index contributed by atoms with van der Waals surface area (Å²) in [6.07, 6.45) is 0. The molecule has 0 aliphatic carbocycles. The zero-order valence-corrected chi connectivity index (χ0v) is 14.8. The first-order valence-corrected chi connectivity index (χ1v) is 8.18. The van der Waals surface area contributed by atoms with Crippen molar-refractivity contribution < 1.29 is 9.21 Å². The SMILES string of the molecule is Cl.O=C(NCCN1CCNCC1)c1ccc(-c2ccccc2Cl)o1. The topological polar surface area (TPSA) is 57.5 Å². The number of carbonyl (C=O) groups excluding carboxylic acids is 1. The lowest BCUT2D eigenvalue weighted by Crippen LogP contribution is -2.46. The summed E-state index contributed by atoms with van der Waals surface area (Å²) in [5, 5.41) is 6.81. The van der Waals surface area contributed by atoms with Gasteiger partial charge in [-0.3, -0.25) is 9.69 Å². The van der Waals surface area contributed by atoms with Gasteiger partial charge in [-0.2, -0.15) is 0 Å². The average Bonchev–Trinajstić information content (AvgIpc) is 3.06. The number of furan rings is 1. The summed E-state index contributed by atoms with van der Waals surface area (Å²) in [5.74, 6) is 0.710. The fraction of sp³-hybridized carbons (Fsp3) is 0.353. The molecule has 1 fully saturated rings. The molecular formula is C17H21Cl2N3O2. The lowest BCUT2D eigenvalue weighted by atomic mass is 10.2. The van der Waals surface area contributed by atoms with Crippen LogP contribution >= 0.6 is 24.0 Å². The third-order valence-electron chi connectivity index (χ3n) is 3.89. The van der Waals surface area contributed by atoms with Crippen molar-refractivity contribution in [1.29, 1.82) is 0 Å². The molecule has 0 spiro atoms. The Kier molecular flexibility index (Phi) is 7.12. The lowest BCUT2D eigenvalue weighted by molar-refractivity contribution is 0.0920. The van der Waals surface area contributed by atoms with E-state index in [2.05, 4.69) is 15.5 Å². The Balaban J connectivity index is 0.00000208. The van der Waals surface area contributed by atoms with E-state index in [9.17, 15) is 4.79 Å². The van der Waals surface area contributed by atoms with Gasteiger partial charge in [-0.15, -0.1) is 12.4 Å². The number of nitrogens with zero attached hydrogens (tertiary/aromatic N) is 1. The second-order valence-electron chi connectivity index (χ2n) is 5.49. The number of benzene rings is 1. The van der Waals surface area contributed by atoms with Crippen LogP contribution in [0.1, 0.15) is 10.6 Å². The Morgan fingerprint density at radius 2 is 1.96 bits per heavy atom. The molecule has 24 heavy (non-hydrogen) atoms. The predicted molar refractivity (Wildman–Crippen MR) is 98.0 cm³/mol. The number of halogens is 2. The van der Waals surface area contributed by atoms with Crippen LogP contribution in [-0.4, -0.2) is 50.1 Å². The van der Waals surface area contributed by atoms with Crippen LogP contribution in [0.2, 0.25) is 5.02 Å². The van der Waals surface area contributed by atoms with E-state index in [1.165, 1.54) is 0 Å². The van der Waals surface area contributed by atoms with Crippen LogP contribution in [0, 0.1) is 0 Å². The van der Waals surface area contributed by atoms with E-state index in [4.69, 9.17) is 16.0 Å². The number of piperazine rings is 1. The number of hydrogen-bond acceptors (Lipinski definition) is 4. The minimum atomic E-state index is -0.196. The number of amides is 1. The first kappa shape index (κ1) is 18.8. The summed E-state index contributed by atoms with van der Waals surface area (Å²) in [4.78, 5) is 14.5. The Labute approximate surface area is 152 Å². The van der Waals surface area contributed by atoms with Crippen molar-refractivity contribution >= 4 is 29.9 Å². The molecule has 1 saturated heterocycles. The molecule has 5 nitrogen and oxygen atoms in total. The van der Waals surface area contributed by atoms with Gasteiger partial charge in [0.05, 0.1) is 5.02 Å². The Morgan fingerprint density at radius 1 is 1.21 bits per heavy atom. The molecule has 0 radical (unpaired) electrons. The summed E-state index contributed by atoms with van der Waals surface area (Å²) >= 11 is 6.15. The first-order valence-electron chi connectivity index (χ1n) is 7.80. The third-order valence-corrected chi connectivity index (χ3v) is 4.22. The zero-order chi connectivity index (χ0) is 16.1. The van der Waals surface area contributed by atoms with Gasteiger partial charge in [0.25, 0.3) is 5.91 Å². The van der Waals surface area contributed by atoms with E-state index >= 15 is 0 Å². The lowest BCUT2D eigenvalue weighted by Gasteiger charge is -2.26. The van der Waals surface area contributed by atoms with Crippen molar-refractivity contribution in [3.05, 3.63) is 47.2 Å². The minimum absolute atomic E-state index is 0. The van der Waals surface area contributed by atoms with Crippen molar-refractivity contribution in [2.75, 3.05) is 39.3 Å². The molecule has 1 aromatic heterocycles. The summed E-state index contributed by atoms with van der Waals surface area (Å²) in [6.45, 7) is 5.52. The van der Waals surface area contributed by atoms with Crippen LogP contribution in [0.5, 0.6) is 0 Å². The van der Waals surface area contributed by atoms with Gasteiger partial charge in [0, 0.05) is 44.8 Å². The van der Waals surface area contributed by atoms with Crippen molar-refractivity contribution in [3.63, 3.8) is 0 Å². The summed E-state index contributed by atoms with van der Waals surface area (Å²) in [6, 6.07) is 10.9. The molecule has 130 valence electrons. The molecule has 0 unspecified atom stereocenters.